The molecule has 0 aliphatic carbocycles. The first-order chi connectivity index (χ1) is 12.7. The van der Waals surface area contributed by atoms with Gasteiger partial charge < -0.3 is 9.64 Å². The Morgan fingerprint density at radius 1 is 1.26 bits per heavy atom. The molecule has 3 rings (SSSR count). The number of nitrogens with zero attached hydrogens (tertiary/aromatic N) is 2. The van der Waals surface area contributed by atoms with Crippen LogP contribution in [0.2, 0.25) is 0 Å². The molecule has 7 heteroatoms. The molecule has 1 aliphatic heterocycles. The quantitative estimate of drug-likeness (QED) is 0.790. The minimum absolute atomic E-state index is 0.105. The SMILES string of the molecule is COc1cccc(CN(C)C(=O)c2ccc3c(c2)CC(C)N3S(C)(=O)=O)c1. The first-order valence-corrected chi connectivity index (χ1v) is 10.6. The van der Waals surface area contributed by atoms with Gasteiger partial charge in [-0.25, -0.2) is 8.42 Å². The van der Waals surface area contributed by atoms with Crippen LogP contribution in [0.25, 0.3) is 0 Å². The van der Waals surface area contributed by atoms with Crippen molar-refractivity contribution < 1.29 is 17.9 Å². The van der Waals surface area contributed by atoms with E-state index in [-0.39, 0.29) is 11.9 Å². The molecule has 27 heavy (non-hydrogen) atoms. The molecule has 0 fully saturated rings. The van der Waals surface area contributed by atoms with Gasteiger partial charge in [0.1, 0.15) is 5.75 Å². The lowest BCUT2D eigenvalue weighted by Crippen LogP contribution is -2.34. The molecule has 0 radical (unpaired) electrons. The van der Waals surface area contributed by atoms with Gasteiger partial charge in [-0.15, -0.1) is 0 Å². The Morgan fingerprint density at radius 3 is 2.67 bits per heavy atom. The summed E-state index contributed by atoms with van der Waals surface area (Å²) in [5.41, 5.74) is 3.08. The summed E-state index contributed by atoms with van der Waals surface area (Å²) < 4.78 is 30.7. The van der Waals surface area contributed by atoms with Gasteiger partial charge in [0.2, 0.25) is 10.0 Å². The Hall–Kier alpha value is -2.54. The number of hydrogen-bond donors (Lipinski definition) is 0. The lowest BCUT2D eigenvalue weighted by Gasteiger charge is -2.22. The largest absolute Gasteiger partial charge is 0.497 e. The molecule has 1 aliphatic rings. The zero-order valence-corrected chi connectivity index (χ0v) is 16.8. The van der Waals surface area contributed by atoms with Crippen LogP contribution in [0.5, 0.6) is 5.75 Å². The van der Waals surface area contributed by atoms with E-state index in [4.69, 9.17) is 4.74 Å². The Morgan fingerprint density at radius 2 is 2.00 bits per heavy atom. The predicted octanol–water partition coefficient (Wildman–Crippen LogP) is 2.68. The normalized spacial score (nSPS) is 16.1. The van der Waals surface area contributed by atoms with Crippen LogP contribution in [0.15, 0.2) is 42.5 Å². The monoisotopic (exact) mass is 388 g/mol. The highest BCUT2D eigenvalue weighted by atomic mass is 32.2. The van der Waals surface area contributed by atoms with Crippen LogP contribution in [-0.2, 0) is 23.0 Å². The van der Waals surface area contributed by atoms with Crippen molar-refractivity contribution in [2.75, 3.05) is 24.7 Å². The van der Waals surface area contributed by atoms with Gasteiger partial charge in [0.05, 0.1) is 19.1 Å². The summed E-state index contributed by atoms with van der Waals surface area (Å²) in [5, 5.41) is 0. The van der Waals surface area contributed by atoms with Crippen molar-refractivity contribution >= 4 is 21.6 Å². The fraction of sp³-hybridized carbons (Fsp3) is 0.350. The summed E-state index contributed by atoms with van der Waals surface area (Å²) in [7, 11) is 0.0251. The Labute approximate surface area is 160 Å². The maximum Gasteiger partial charge on any atom is 0.253 e. The molecule has 0 bridgehead atoms. The topological polar surface area (TPSA) is 66.9 Å². The average molecular weight is 388 g/mol. The number of anilines is 1. The second-order valence-corrected chi connectivity index (χ2v) is 8.83. The van der Waals surface area contributed by atoms with Crippen molar-refractivity contribution in [2.45, 2.75) is 25.9 Å². The molecular weight excluding hydrogens is 364 g/mol. The highest BCUT2D eigenvalue weighted by molar-refractivity contribution is 7.92. The molecule has 0 aromatic heterocycles. The van der Waals surface area contributed by atoms with Gasteiger partial charge in [-0.05, 0) is 54.8 Å². The van der Waals surface area contributed by atoms with Crippen LogP contribution in [0.3, 0.4) is 0 Å². The number of rotatable bonds is 5. The van der Waals surface area contributed by atoms with E-state index in [0.717, 1.165) is 16.9 Å². The molecule has 1 atom stereocenters. The van der Waals surface area contributed by atoms with E-state index in [1.54, 1.807) is 37.3 Å². The maximum absolute atomic E-state index is 12.8. The number of carbonyl (C=O) groups is 1. The zero-order chi connectivity index (χ0) is 19.8. The fourth-order valence-electron chi connectivity index (χ4n) is 3.58. The minimum atomic E-state index is -3.34. The zero-order valence-electron chi connectivity index (χ0n) is 16.0. The number of fused-ring (bicyclic) bond motifs is 1. The highest BCUT2D eigenvalue weighted by Gasteiger charge is 2.33. The van der Waals surface area contributed by atoms with Crippen molar-refractivity contribution in [3.63, 3.8) is 0 Å². The molecule has 0 saturated heterocycles. The Balaban J connectivity index is 1.81. The number of sulfonamides is 1. The molecule has 2 aromatic rings. The predicted molar refractivity (Wildman–Crippen MR) is 106 cm³/mol. The van der Waals surface area contributed by atoms with Crippen LogP contribution >= 0.6 is 0 Å². The molecule has 2 aromatic carbocycles. The third-order valence-electron chi connectivity index (χ3n) is 4.74. The van der Waals surface area contributed by atoms with E-state index in [9.17, 15) is 13.2 Å². The summed E-state index contributed by atoms with van der Waals surface area (Å²) in [6, 6.07) is 12.7. The fourth-order valence-corrected chi connectivity index (χ4v) is 4.84. The van der Waals surface area contributed by atoms with E-state index in [2.05, 4.69) is 0 Å². The number of hydrogen-bond acceptors (Lipinski definition) is 4. The van der Waals surface area contributed by atoms with Gasteiger partial charge in [-0.3, -0.25) is 9.10 Å². The minimum Gasteiger partial charge on any atom is -0.497 e. The number of carbonyl (C=O) groups excluding carboxylic acids is 1. The second-order valence-electron chi connectivity index (χ2n) is 6.97. The van der Waals surface area contributed by atoms with E-state index in [1.807, 2.05) is 31.2 Å². The Bertz CT molecular complexity index is 972. The van der Waals surface area contributed by atoms with Crippen LogP contribution in [0.1, 0.15) is 28.4 Å². The molecule has 0 spiro atoms. The number of methoxy groups -OCH3 is 1. The van der Waals surface area contributed by atoms with Gasteiger partial charge in [-0.1, -0.05) is 12.1 Å². The summed E-state index contributed by atoms with van der Waals surface area (Å²) in [4.78, 5) is 14.5. The summed E-state index contributed by atoms with van der Waals surface area (Å²) >= 11 is 0. The smallest absolute Gasteiger partial charge is 0.253 e. The molecule has 1 heterocycles. The number of amides is 1. The molecule has 0 saturated carbocycles. The number of benzene rings is 2. The molecule has 1 amide bonds. The van der Waals surface area contributed by atoms with Crippen LogP contribution in [0, 0.1) is 0 Å². The van der Waals surface area contributed by atoms with Crippen LogP contribution < -0.4 is 9.04 Å². The molecule has 6 nitrogen and oxygen atoms in total. The van der Waals surface area contributed by atoms with Gasteiger partial charge in [0.25, 0.3) is 5.91 Å². The Kier molecular flexibility index (Phi) is 5.15. The molecule has 1 unspecified atom stereocenters. The van der Waals surface area contributed by atoms with Crippen molar-refractivity contribution in [2.24, 2.45) is 0 Å². The van der Waals surface area contributed by atoms with Crippen LogP contribution in [0.4, 0.5) is 5.69 Å². The second kappa shape index (κ2) is 7.23. The lowest BCUT2D eigenvalue weighted by atomic mass is 10.1. The van der Waals surface area contributed by atoms with E-state index < -0.39 is 10.0 Å². The molecular formula is C20H24N2O4S. The van der Waals surface area contributed by atoms with E-state index >= 15 is 0 Å². The van der Waals surface area contributed by atoms with Crippen molar-refractivity contribution in [1.29, 1.82) is 0 Å². The highest BCUT2D eigenvalue weighted by Crippen LogP contribution is 2.34. The summed E-state index contributed by atoms with van der Waals surface area (Å²) in [5.74, 6) is 0.645. The first kappa shape index (κ1) is 19.2. The van der Waals surface area contributed by atoms with E-state index in [1.165, 1.54) is 10.6 Å². The third kappa shape index (κ3) is 3.93. The first-order valence-electron chi connectivity index (χ1n) is 8.71. The maximum atomic E-state index is 12.8. The van der Waals surface area contributed by atoms with Crippen molar-refractivity contribution in [3.8, 4) is 5.75 Å². The van der Waals surface area contributed by atoms with E-state index in [0.29, 0.717) is 24.2 Å². The van der Waals surface area contributed by atoms with Crippen molar-refractivity contribution in [1.82, 2.24) is 4.90 Å². The van der Waals surface area contributed by atoms with Gasteiger partial charge >= 0.3 is 0 Å². The number of ether oxygens (including phenoxy) is 1. The van der Waals surface area contributed by atoms with Gasteiger partial charge in [0, 0.05) is 25.2 Å². The van der Waals surface area contributed by atoms with Crippen molar-refractivity contribution in [3.05, 3.63) is 59.2 Å². The third-order valence-corrected chi connectivity index (χ3v) is 6.01. The lowest BCUT2D eigenvalue weighted by molar-refractivity contribution is 0.0785. The van der Waals surface area contributed by atoms with Gasteiger partial charge in [0.15, 0.2) is 0 Å². The average Bonchev–Trinajstić information content (AvgIpc) is 2.96. The standard InChI is InChI=1S/C20H24N2O4S/c1-14-10-17-12-16(8-9-19(17)22(14)27(4,24)25)20(23)21(2)13-15-6-5-7-18(11-15)26-3/h5-9,11-12,14H,10,13H2,1-4H3. The molecule has 0 N–H and O–H groups in total. The van der Waals surface area contributed by atoms with Gasteiger partial charge in [-0.2, -0.15) is 0 Å². The van der Waals surface area contributed by atoms with Crippen LogP contribution in [-0.4, -0.2) is 45.7 Å². The summed E-state index contributed by atoms with van der Waals surface area (Å²) in [6.45, 7) is 2.33. The molecule has 144 valence electrons. The summed E-state index contributed by atoms with van der Waals surface area (Å²) in [6.07, 6.45) is 1.81.